The van der Waals surface area contributed by atoms with Crippen molar-refractivity contribution in [2.45, 2.75) is 32.2 Å². The van der Waals surface area contributed by atoms with Crippen LogP contribution in [0.3, 0.4) is 0 Å². The fourth-order valence-corrected chi connectivity index (χ4v) is 3.55. The van der Waals surface area contributed by atoms with Gasteiger partial charge in [0.05, 0.1) is 12.1 Å². The molecule has 0 radical (unpaired) electrons. The molecule has 23 heavy (non-hydrogen) atoms. The number of likely N-dealkylation sites (tertiary alicyclic amines) is 1. The summed E-state index contributed by atoms with van der Waals surface area (Å²) in [7, 11) is 0. The van der Waals surface area contributed by atoms with E-state index in [0.717, 1.165) is 25.9 Å². The fraction of sp³-hybridized carbons (Fsp3) is 0.421. The second-order valence-electron chi connectivity index (χ2n) is 6.23. The van der Waals surface area contributed by atoms with Crippen LogP contribution >= 0.6 is 0 Å². The molecule has 1 amide bonds. The van der Waals surface area contributed by atoms with E-state index in [1.54, 1.807) is 6.07 Å². The van der Waals surface area contributed by atoms with Crippen molar-refractivity contribution in [2.24, 2.45) is 11.7 Å². The van der Waals surface area contributed by atoms with Crippen LogP contribution < -0.4 is 5.73 Å². The van der Waals surface area contributed by atoms with E-state index in [9.17, 15) is 4.79 Å². The molecule has 2 N–H and O–H groups in total. The Labute approximate surface area is 137 Å². The van der Waals surface area contributed by atoms with Crippen LogP contribution in [-0.2, 0) is 6.54 Å². The molecule has 2 aromatic rings. The Balaban J connectivity index is 1.72. The minimum Gasteiger partial charge on any atom is -0.467 e. The van der Waals surface area contributed by atoms with E-state index < -0.39 is 0 Å². The number of hydrogen-bond acceptors (Lipinski definition) is 3. The Morgan fingerprint density at radius 1 is 1.35 bits per heavy atom. The Morgan fingerprint density at radius 2 is 2.13 bits per heavy atom. The number of amides is 1. The van der Waals surface area contributed by atoms with Crippen LogP contribution in [0.4, 0.5) is 0 Å². The normalized spacial score (nSPS) is 21.4. The van der Waals surface area contributed by atoms with Gasteiger partial charge in [0.1, 0.15) is 12.0 Å². The molecule has 122 valence electrons. The lowest BCUT2D eigenvalue weighted by Crippen LogP contribution is -2.42. The molecule has 0 bridgehead atoms. The molecule has 0 spiro atoms. The average Bonchev–Trinajstić information content (AvgIpc) is 3.10. The van der Waals surface area contributed by atoms with Crippen molar-refractivity contribution in [1.82, 2.24) is 4.90 Å². The summed E-state index contributed by atoms with van der Waals surface area (Å²) in [5, 5.41) is 0. The van der Waals surface area contributed by atoms with E-state index in [-0.39, 0.29) is 5.91 Å². The Bertz CT molecular complexity index is 650. The van der Waals surface area contributed by atoms with Crippen molar-refractivity contribution < 1.29 is 9.21 Å². The topological polar surface area (TPSA) is 59.5 Å². The van der Waals surface area contributed by atoms with Gasteiger partial charge in [-0.1, -0.05) is 43.7 Å². The van der Waals surface area contributed by atoms with Crippen LogP contribution in [0, 0.1) is 5.92 Å². The first kappa shape index (κ1) is 15.8. The van der Waals surface area contributed by atoms with E-state index in [1.165, 1.54) is 11.8 Å². The van der Waals surface area contributed by atoms with Gasteiger partial charge in [-0.15, -0.1) is 0 Å². The van der Waals surface area contributed by atoms with Crippen LogP contribution in [0.1, 0.15) is 47.4 Å². The van der Waals surface area contributed by atoms with E-state index >= 15 is 0 Å². The van der Waals surface area contributed by atoms with Crippen molar-refractivity contribution in [3.63, 3.8) is 0 Å². The van der Waals surface area contributed by atoms with Gasteiger partial charge in [0.25, 0.3) is 5.91 Å². The summed E-state index contributed by atoms with van der Waals surface area (Å²) in [6.45, 7) is 4.12. The second-order valence-corrected chi connectivity index (χ2v) is 6.23. The number of benzene rings is 1. The number of carbonyl (C=O) groups is 1. The van der Waals surface area contributed by atoms with Gasteiger partial charge in [-0.25, -0.2) is 0 Å². The van der Waals surface area contributed by atoms with Crippen molar-refractivity contribution in [1.29, 1.82) is 0 Å². The molecular formula is C19H24N2O2. The van der Waals surface area contributed by atoms with Gasteiger partial charge in [0, 0.05) is 13.1 Å². The molecule has 1 aromatic heterocycles. The molecule has 0 saturated carbocycles. The first-order chi connectivity index (χ1) is 11.2. The van der Waals surface area contributed by atoms with Crippen LogP contribution in [-0.4, -0.2) is 23.9 Å². The quantitative estimate of drug-likeness (QED) is 0.941. The summed E-state index contributed by atoms with van der Waals surface area (Å²) in [6, 6.07) is 12.4. The zero-order valence-electron chi connectivity index (χ0n) is 13.6. The summed E-state index contributed by atoms with van der Waals surface area (Å²) in [5.74, 6) is 1.74. The lowest BCUT2D eigenvalue weighted by molar-refractivity contribution is 0.0644. The van der Waals surface area contributed by atoms with Crippen molar-refractivity contribution in [2.75, 3.05) is 13.1 Å². The third kappa shape index (κ3) is 3.32. The van der Waals surface area contributed by atoms with Gasteiger partial charge in [-0.05, 0) is 29.9 Å². The SMILES string of the molecule is CCC1CN(C(=O)c2coc(CN)c2)CCC1c1ccccc1. The molecule has 3 rings (SSSR count). The Kier molecular flexibility index (Phi) is 4.82. The number of nitrogens with zero attached hydrogens (tertiary/aromatic N) is 1. The first-order valence-corrected chi connectivity index (χ1v) is 8.34. The summed E-state index contributed by atoms with van der Waals surface area (Å²) < 4.78 is 5.30. The standard InChI is InChI=1S/C19H24N2O2/c1-2-14-12-21(19(22)16-10-17(11-20)23-13-16)9-8-18(14)15-6-4-3-5-7-15/h3-7,10,13-14,18H,2,8-9,11-12,20H2,1H3. The predicted molar refractivity (Wildman–Crippen MR) is 90.1 cm³/mol. The summed E-state index contributed by atoms with van der Waals surface area (Å²) in [6.07, 6.45) is 3.60. The lowest BCUT2D eigenvalue weighted by Gasteiger charge is -2.38. The van der Waals surface area contributed by atoms with Gasteiger partial charge in [-0.3, -0.25) is 4.79 Å². The zero-order chi connectivity index (χ0) is 16.2. The molecule has 4 heteroatoms. The van der Waals surface area contributed by atoms with Gasteiger partial charge < -0.3 is 15.1 Å². The third-order valence-corrected chi connectivity index (χ3v) is 4.88. The van der Waals surface area contributed by atoms with Crippen LogP contribution in [0.25, 0.3) is 0 Å². The van der Waals surface area contributed by atoms with Gasteiger partial charge in [-0.2, -0.15) is 0 Å². The van der Waals surface area contributed by atoms with Gasteiger partial charge in [0.2, 0.25) is 0 Å². The summed E-state index contributed by atoms with van der Waals surface area (Å²) >= 11 is 0. The Morgan fingerprint density at radius 3 is 2.78 bits per heavy atom. The van der Waals surface area contributed by atoms with Crippen LogP contribution in [0.15, 0.2) is 47.1 Å². The van der Waals surface area contributed by atoms with Gasteiger partial charge >= 0.3 is 0 Å². The van der Waals surface area contributed by atoms with E-state index in [1.807, 2.05) is 4.90 Å². The molecule has 2 heterocycles. The molecular weight excluding hydrogens is 288 g/mol. The molecule has 2 unspecified atom stereocenters. The second kappa shape index (κ2) is 7.01. The zero-order valence-corrected chi connectivity index (χ0v) is 13.6. The number of furan rings is 1. The minimum atomic E-state index is 0.0541. The smallest absolute Gasteiger partial charge is 0.257 e. The number of piperidine rings is 1. The number of carbonyl (C=O) groups excluding carboxylic acids is 1. The summed E-state index contributed by atoms with van der Waals surface area (Å²) in [4.78, 5) is 14.6. The molecule has 4 nitrogen and oxygen atoms in total. The molecule has 1 aliphatic rings. The van der Waals surface area contributed by atoms with E-state index in [2.05, 4.69) is 37.3 Å². The van der Waals surface area contributed by atoms with Crippen LogP contribution in [0.2, 0.25) is 0 Å². The predicted octanol–water partition coefficient (Wildman–Crippen LogP) is 3.39. The highest BCUT2D eigenvalue weighted by Gasteiger charge is 2.32. The van der Waals surface area contributed by atoms with Crippen LogP contribution in [0.5, 0.6) is 0 Å². The molecule has 1 aliphatic heterocycles. The van der Waals surface area contributed by atoms with E-state index in [0.29, 0.717) is 29.7 Å². The Hall–Kier alpha value is -2.07. The first-order valence-electron chi connectivity index (χ1n) is 8.34. The number of hydrogen-bond donors (Lipinski definition) is 1. The van der Waals surface area contributed by atoms with Crippen molar-refractivity contribution >= 4 is 5.91 Å². The highest BCUT2D eigenvalue weighted by molar-refractivity contribution is 5.94. The maximum absolute atomic E-state index is 12.7. The number of nitrogens with two attached hydrogens (primary N) is 1. The monoisotopic (exact) mass is 312 g/mol. The van der Waals surface area contributed by atoms with Crippen molar-refractivity contribution in [3.05, 3.63) is 59.5 Å². The average molecular weight is 312 g/mol. The van der Waals surface area contributed by atoms with Gasteiger partial charge in [0.15, 0.2) is 0 Å². The molecule has 0 aliphatic carbocycles. The molecule has 1 aromatic carbocycles. The maximum Gasteiger partial charge on any atom is 0.257 e. The molecule has 2 atom stereocenters. The molecule has 1 fully saturated rings. The highest BCUT2D eigenvalue weighted by atomic mass is 16.3. The molecule has 1 saturated heterocycles. The van der Waals surface area contributed by atoms with Crippen molar-refractivity contribution in [3.8, 4) is 0 Å². The highest BCUT2D eigenvalue weighted by Crippen LogP contribution is 2.35. The van der Waals surface area contributed by atoms with E-state index in [4.69, 9.17) is 10.2 Å². The minimum absolute atomic E-state index is 0.0541. The third-order valence-electron chi connectivity index (χ3n) is 4.88. The lowest BCUT2D eigenvalue weighted by atomic mass is 9.79. The number of rotatable bonds is 4. The maximum atomic E-state index is 12.7. The fourth-order valence-electron chi connectivity index (χ4n) is 3.55. The largest absolute Gasteiger partial charge is 0.467 e. The summed E-state index contributed by atoms with van der Waals surface area (Å²) in [5.41, 5.74) is 7.55.